The highest BCUT2D eigenvalue weighted by atomic mass is 32.1. The fourth-order valence-electron chi connectivity index (χ4n) is 1.80. The van der Waals surface area contributed by atoms with Crippen LogP contribution >= 0.6 is 11.3 Å². The highest BCUT2D eigenvalue weighted by Crippen LogP contribution is 2.28. The summed E-state index contributed by atoms with van der Waals surface area (Å²) >= 11 is 1.71. The topological polar surface area (TPSA) is 25.4 Å². The third kappa shape index (κ3) is 4.33. The van der Waals surface area contributed by atoms with Gasteiger partial charge in [-0.2, -0.15) is 0 Å². The quantitative estimate of drug-likeness (QED) is 0.756. The lowest BCUT2D eigenvalue weighted by Crippen LogP contribution is -2.15. The summed E-state index contributed by atoms with van der Waals surface area (Å²) in [5, 5.41) is 1.09. The Labute approximate surface area is 118 Å². The molecule has 0 aliphatic heterocycles. The van der Waals surface area contributed by atoms with E-state index in [2.05, 4.69) is 36.1 Å². The zero-order chi connectivity index (χ0) is 13.7. The minimum atomic E-state index is 0.753. The summed E-state index contributed by atoms with van der Waals surface area (Å²) < 4.78 is 5.78. The average molecular weight is 276 g/mol. The third-order valence-electron chi connectivity index (χ3n) is 2.76. The summed E-state index contributed by atoms with van der Waals surface area (Å²) in [6, 6.07) is 8.22. The Hall–Kier alpha value is -1.39. The number of benzene rings is 1. The van der Waals surface area contributed by atoms with E-state index in [1.54, 1.807) is 11.3 Å². The first kappa shape index (κ1) is 14.0. The summed E-state index contributed by atoms with van der Waals surface area (Å²) in [7, 11) is 4.15. The van der Waals surface area contributed by atoms with E-state index in [0.717, 1.165) is 30.3 Å². The van der Waals surface area contributed by atoms with Crippen LogP contribution in [0.4, 0.5) is 0 Å². The number of hydrogen-bond donors (Lipinski definition) is 0. The molecule has 19 heavy (non-hydrogen) atoms. The first-order chi connectivity index (χ1) is 9.15. The van der Waals surface area contributed by atoms with Crippen LogP contribution in [-0.4, -0.2) is 37.1 Å². The number of hydrogen-bond acceptors (Lipinski definition) is 4. The maximum Gasteiger partial charge on any atom is 0.119 e. The minimum absolute atomic E-state index is 0.753. The first-order valence-electron chi connectivity index (χ1n) is 6.45. The normalized spacial score (nSPS) is 10.9. The van der Waals surface area contributed by atoms with Gasteiger partial charge in [0, 0.05) is 12.7 Å². The molecule has 0 spiro atoms. The van der Waals surface area contributed by atoms with E-state index >= 15 is 0 Å². The number of aromatic nitrogens is 1. The molecule has 0 atom stereocenters. The van der Waals surface area contributed by atoms with Crippen molar-refractivity contribution >= 4 is 11.3 Å². The molecule has 0 unspecified atom stereocenters. The highest BCUT2D eigenvalue weighted by Gasteiger charge is 2.03. The van der Waals surface area contributed by atoms with Crippen LogP contribution in [0.2, 0.25) is 0 Å². The zero-order valence-corrected chi connectivity index (χ0v) is 12.5. The van der Waals surface area contributed by atoms with Crippen molar-refractivity contribution < 1.29 is 4.74 Å². The van der Waals surface area contributed by atoms with Gasteiger partial charge in [-0.15, -0.1) is 11.3 Å². The van der Waals surface area contributed by atoms with Crippen LogP contribution in [0.15, 0.2) is 30.5 Å². The van der Waals surface area contributed by atoms with Gasteiger partial charge >= 0.3 is 0 Å². The molecular weight excluding hydrogens is 256 g/mol. The Balaban J connectivity index is 1.96. The summed E-state index contributed by atoms with van der Waals surface area (Å²) in [5.41, 5.74) is 1.18. The van der Waals surface area contributed by atoms with Gasteiger partial charge in [-0.25, -0.2) is 4.98 Å². The predicted octanol–water partition coefficient (Wildman–Crippen LogP) is 3.45. The summed E-state index contributed by atoms with van der Waals surface area (Å²) in [5.74, 6) is 0.933. The summed E-state index contributed by atoms with van der Waals surface area (Å²) in [6.07, 6.45) is 2.96. The molecule has 3 nitrogen and oxygen atoms in total. The van der Waals surface area contributed by atoms with E-state index in [0.29, 0.717) is 0 Å². The van der Waals surface area contributed by atoms with Crippen molar-refractivity contribution in [2.24, 2.45) is 0 Å². The number of rotatable bonds is 6. The van der Waals surface area contributed by atoms with E-state index in [9.17, 15) is 0 Å². The van der Waals surface area contributed by atoms with Crippen molar-refractivity contribution in [3.05, 3.63) is 35.5 Å². The fourth-order valence-corrected chi connectivity index (χ4v) is 2.58. The molecule has 0 aliphatic rings. The van der Waals surface area contributed by atoms with Crippen molar-refractivity contribution in [2.75, 3.05) is 27.2 Å². The molecule has 0 aliphatic carbocycles. The van der Waals surface area contributed by atoms with Crippen molar-refractivity contribution in [3.8, 4) is 16.2 Å². The van der Waals surface area contributed by atoms with E-state index in [-0.39, 0.29) is 0 Å². The van der Waals surface area contributed by atoms with Crippen LogP contribution in [-0.2, 0) is 0 Å². The van der Waals surface area contributed by atoms with Crippen LogP contribution in [0.3, 0.4) is 0 Å². The van der Waals surface area contributed by atoms with Gasteiger partial charge in [0.05, 0.1) is 16.5 Å². The minimum Gasteiger partial charge on any atom is -0.494 e. The van der Waals surface area contributed by atoms with Gasteiger partial charge in [-0.1, -0.05) is 12.1 Å². The van der Waals surface area contributed by atoms with Gasteiger partial charge in [0.25, 0.3) is 0 Å². The van der Waals surface area contributed by atoms with E-state index < -0.39 is 0 Å². The van der Waals surface area contributed by atoms with Crippen molar-refractivity contribution in [2.45, 2.75) is 13.3 Å². The van der Waals surface area contributed by atoms with Crippen LogP contribution in [0.1, 0.15) is 11.4 Å². The molecule has 0 radical (unpaired) electrons. The van der Waals surface area contributed by atoms with Gasteiger partial charge in [0.2, 0.25) is 0 Å². The standard InChI is InChI=1S/C15H20N2OS/c1-12-16-11-15(19-12)13-6-4-7-14(10-13)18-9-5-8-17(2)3/h4,6-7,10-11H,5,8-9H2,1-3H3. The molecule has 0 saturated carbocycles. The predicted molar refractivity (Wildman–Crippen MR) is 81.0 cm³/mol. The van der Waals surface area contributed by atoms with E-state index in [1.165, 1.54) is 10.4 Å². The Morgan fingerprint density at radius 3 is 2.84 bits per heavy atom. The highest BCUT2D eigenvalue weighted by molar-refractivity contribution is 7.15. The second-order valence-electron chi connectivity index (χ2n) is 4.78. The van der Waals surface area contributed by atoms with E-state index in [1.807, 2.05) is 25.3 Å². The molecule has 0 saturated heterocycles. The molecule has 1 aromatic carbocycles. The molecule has 1 aromatic heterocycles. The lowest BCUT2D eigenvalue weighted by molar-refractivity contribution is 0.281. The maximum atomic E-state index is 5.78. The summed E-state index contributed by atoms with van der Waals surface area (Å²) in [6.45, 7) is 3.83. The molecule has 0 fully saturated rings. The lowest BCUT2D eigenvalue weighted by atomic mass is 10.2. The van der Waals surface area contributed by atoms with E-state index in [4.69, 9.17) is 4.74 Å². The molecule has 102 valence electrons. The van der Waals surface area contributed by atoms with Crippen LogP contribution in [0, 0.1) is 6.92 Å². The monoisotopic (exact) mass is 276 g/mol. The summed E-state index contributed by atoms with van der Waals surface area (Å²) in [4.78, 5) is 7.65. The Morgan fingerprint density at radius 1 is 1.32 bits per heavy atom. The third-order valence-corrected chi connectivity index (χ3v) is 3.72. The second-order valence-corrected chi connectivity index (χ2v) is 6.01. The van der Waals surface area contributed by atoms with Crippen molar-refractivity contribution in [3.63, 3.8) is 0 Å². The van der Waals surface area contributed by atoms with Crippen LogP contribution in [0.25, 0.3) is 10.4 Å². The molecule has 2 rings (SSSR count). The average Bonchev–Trinajstić information content (AvgIpc) is 2.82. The van der Waals surface area contributed by atoms with Crippen LogP contribution < -0.4 is 4.74 Å². The van der Waals surface area contributed by atoms with Gasteiger partial charge in [-0.05, 0) is 45.1 Å². The molecule has 0 N–H and O–H groups in total. The largest absolute Gasteiger partial charge is 0.494 e. The molecule has 0 amide bonds. The molecule has 1 heterocycles. The molecule has 2 aromatic rings. The zero-order valence-electron chi connectivity index (χ0n) is 11.7. The SMILES string of the molecule is Cc1ncc(-c2cccc(OCCCN(C)C)c2)s1. The lowest BCUT2D eigenvalue weighted by Gasteiger charge is -2.10. The number of ether oxygens (including phenoxy) is 1. The fraction of sp³-hybridized carbons (Fsp3) is 0.400. The van der Waals surface area contributed by atoms with Crippen molar-refractivity contribution in [1.82, 2.24) is 9.88 Å². The van der Waals surface area contributed by atoms with Crippen molar-refractivity contribution in [1.29, 1.82) is 0 Å². The second kappa shape index (κ2) is 6.68. The van der Waals surface area contributed by atoms with Gasteiger partial charge < -0.3 is 9.64 Å². The van der Waals surface area contributed by atoms with Gasteiger partial charge in [0.1, 0.15) is 5.75 Å². The smallest absolute Gasteiger partial charge is 0.119 e. The molecular formula is C15H20N2OS. The molecule has 0 bridgehead atoms. The first-order valence-corrected chi connectivity index (χ1v) is 7.27. The van der Waals surface area contributed by atoms with Crippen LogP contribution in [0.5, 0.6) is 5.75 Å². The molecule has 4 heteroatoms. The number of aryl methyl sites for hydroxylation is 1. The van der Waals surface area contributed by atoms with Gasteiger partial charge in [-0.3, -0.25) is 0 Å². The number of thiazole rings is 1. The Kier molecular flexibility index (Phi) is 4.93. The Bertz CT molecular complexity index is 522. The van der Waals surface area contributed by atoms with Gasteiger partial charge in [0.15, 0.2) is 0 Å². The number of nitrogens with zero attached hydrogens (tertiary/aromatic N) is 2. The Morgan fingerprint density at radius 2 is 2.16 bits per heavy atom. The maximum absolute atomic E-state index is 5.78.